The first kappa shape index (κ1) is 29.4. The van der Waals surface area contributed by atoms with Crippen molar-refractivity contribution >= 4 is 27.3 Å². The maximum absolute atomic E-state index is 14.9. The van der Waals surface area contributed by atoms with Gasteiger partial charge in [0.15, 0.2) is 5.69 Å². The van der Waals surface area contributed by atoms with Crippen LogP contribution in [0.4, 0.5) is 17.6 Å². The maximum atomic E-state index is 14.9. The fourth-order valence-corrected chi connectivity index (χ4v) is 6.02. The minimum absolute atomic E-state index is 0.0297. The summed E-state index contributed by atoms with van der Waals surface area (Å²) in [6.07, 6.45) is -0.947. The first-order valence-electron chi connectivity index (χ1n) is 12.1. The summed E-state index contributed by atoms with van der Waals surface area (Å²) < 4.78 is 79.5. The van der Waals surface area contributed by atoms with Crippen LogP contribution in [0.3, 0.4) is 0 Å². The zero-order valence-electron chi connectivity index (χ0n) is 21.3. The number of hydrogen-bond donors (Lipinski definition) is 1. The molecule has 0 aliphatic heterocycles. The Balaban J connectivity index is 1.75. The Morgan fingerprint density at radius 3 is 2.32 bits per heavy atom. The molecule has 0 atom stereocenters. The van der Waals surface area contributed by atoms with Crippen molar-refractivity contribution in [3.05, 3.63) is 46.3 Å². The number of aryl methyl sites for hydroxylation is 1. The third-order valence-corrected chi connectivity index (χ3v) is 9.10. The van der Waals surface area contributed by atoms with Crippen LogP contribution in [0.15, 0.2) is 18.2 Å². The van der Waals surface area contributed by atoms with E-state index in [0.29, 0.717) is 44.5 Å². The molecule has 0 unspecified atom stereocenters. The number of alkyl halides is 3. The Labute approximate surface area is 219 Å². The van der Waals surface area contributed by atoms with Crippen molar-refractivity contribution in [2.24, 2.45) is 11.3 Å². The smallest absolute Gasteiger partial charge is 0.350 e. The van der Waals surface area contributed by atoms with Gasteiger partial charge in [0.2, 0.25) is 0 Å². The Morgan fingerprint density at radius 2 is 1.81 bits per heavy atom. The second kappa shape index (κ2) is 10.9. The van der Waals surface area contributed by atoms with Crippen LogP contribution < -0.4 is 5.32 Å². The number of hydrogen-bond acceptors (Lipinski definition) is 4. The molecule has 1 aromatic heterocycles. The van der Waals surface area contributed by atoms with Gasteiger partial charge in [-0.3, -0.25) is 9.36 Å². The van der Waals surface area contributed by atoms with Crippen LogP contribution in [0, 0.1) is 17.2 Å². The monoisotopic (exact) mass is 565 g/mol. The lowest BCUT2D eigenvalue weighted by atomic mass is 9.85. The molecule has 6 nitrogen and oxygen atoms in total. The summed E-state index contributed by atoms with van der Waals surface area (Å²) in [6, 6.07) is 3.84. The van der Waals surface area contributed by atoms with E-state index in [1.807, 2.05) is 0 Å². The van der Waals surface area contributed by atoms with Gasteiger partial charge in [-0.25, -0.2) is 17.8 Å². The van der Waals surface area contributed by atoms with Crippen molar-refractivity contribution in [2.45, 2.75) is 70.7 Å². The van der Waals surface area contributed by atoms with Crippen molar-refractivity contribution in [1.29, 1.82) is 0 Å². The SMILES string of the molecule is CCc1nc(C(=O)NC[C@H]2CC[C@H](S(C)(=O)=O)CC2)c(Cl)n1-c1ccc(CC(C)(C)C(F)(F)F)c(F)c1. The van der Waals surface area contributed by atoms with E-state index < -0.39 is 39.6 Å². The van der Waals surface area contributed by atoms with E-state index in [-0.39, 0.29) is 33.3 Å². The topological polar surface area (TPSA) is 81.1 Å². The molecule has 206 valence electrons. The highest BCUT2D eigenvalue weighted by atomic mass is 35.5. The van der Waals surface area contributed by atoms with Gasteiger partial charge < -0.3 is 5.32 Å². The second-order valence-corrected chi connectivity index (χ2v) is 13.1. The maximum Gasteiger partial charge on any atom is 0.394 e. The number of nitrogens with one attached hydrogen (secondary N) is 1. The fraction of sp³-hybridized carbons (Fsp3) is 0.600. The Hall–Kier alpha value is -2.14. The van der Waals surface area contributed by atoms with Crippen molar-refractivity contribution in [3.63, 3.8) is 0 Å². The molecule has 1 aliphatic rings. The van der Waals surface area contributed by atoms with E-state index >= 15 is 0 Å². The number of aromatic nitrogens is 2. The molecule has 1 N–H and O–H groups in total. The zero-order valence-corrected chi connectivity index (χ0v) is 22.8. The molecule has 2 aromatic rings. The molecule has 3 rings (SSSR count). The molecule has 1 heterocycles. The van der Waals surface area contributed by atoms with E-state index in [1.165, 1.54) is 23.0 Å². The average molecular weight is 566 g/mol. The summed E-state index contributed by atoms with van der Waals surface area (Å²) in [6.45, 7) is 4.17. The van der Waals surface area contributed by atoms with Gasteiger partial charge in [0.1, 0.15) is 26.6 Å². The number of carbonyl (C=O) groups is 1. The molecule has 1 aliphatic carbocycles. The summed E-state index contributed by atoms with van der Waals surface area (Å²) in [5.74, 6) is -0.785. The Morgan fingerprint density at radius 1 is 1.19 bits per heavy atom. The van der Waals surface area contributed by atoms with E-state index in [9.17, 15) is 30.8 Å². The second-order valence-electron chi connectivity index (χ2n) is 10.4. The van der Waals surface area contributed by atoms with Crippen LogP contribution in [-0.2, 0) is 22.7 Å². The molecular formula is C25H32ClF4N3O3S. The summed E-state index contributed by atoms with van der Waals surface area (Å²) in [7, 11) is -3.08. The molecule has 1 saturated carbocycles. The van der Waals surface area contributed by atoms with Gasteiger partial charge in [-0.15, -0.1) is 0 Å². The molecule has 0 saturated heterocycles. The van der Waals surface area contributed by atoms with Crippen LogP contribution in [0.2, 0.25) is 5.15 Å². The van der Waals surface area contributed by atoms with Gasteiger partial charge in [-0.2, -0.15) is 13.2 Å². The molecule has 0 spiro atoms. The number of nitrogens with zero attached hydrogens (tertiary/aromatic N) is 2. The van der Waals surface area contributed by atoms with Crippen LogP contribution >= 0.6 is 11.6 Å². The number of benzene rings is 1. The van der Waals surface area contributed by atoms with E-state index in [2.05, 4.69) is 10.3 Å². The van der Waals surface area contributed by atoms with Crippen molar-refractivity contribution in [2.75, 3.05) is 12.8 Å². The summed E-state index contributed by atoms with van der Waals surface area (Å²) in [4.78, 5) is 17.2. The number of amides is 1. The molecule has 0 bridgehead atoms. The zero-order chi connectivity index (χ0) is 27.8. The van der Waals surface area contributed by atoms with Gasteiger partial charge in [0.05, 0.1) is 16.4 Å². The quantitative estimate of drug-likeness (QED) is 0.417. The van der Waals surface area contributed by atoms with E-state index in [4.69, 9.17) is 11.6 Å². The fourth-order valence-electron chi connectivity index (χ4n) is 4.57. The molecule has 0 radical (unpaired) electrons. The lowest BCUT2D eigenvalue weighted by Crippen LogP contribution is -2.34. The first-order chi connectivity index (χ1) is 17.0. The minimum Gasteiger partial charge on any atom is -0.350 e. The predicted molar refractivity (Wildman–Crippen MR) is 134 cm³/mol. The summed E-state index contributed by atoms with van der Waals surface area (Å²) in [5, 5.41) is 2.44. The lowest BCUT2D eigenvalue weighted by molar-refractivity contribution is -0.211. The van der Waals surface area contributed by atoms with Gasteiger partial charge in [0, 0.05) is 19.2 Å². The molecule has 37 heavy (non-hydrogen) atoms. The Kier molecular flexibility index (Phi) is 8.68. The van der Waals surface area contributed by atoms with Crippen molar-refractivity contribution < 1.29 is 30.8 Å². The largest absolute Gasteiger partial charge is 0.394 e. The average Bonchev–Trinajstić information content (AvgIpc) is 3.14. The molecule has 12 heteroatoms. The first-order valence-corrected chi connectivity index (χ1v) is 14.5. The summed E-state index contributed by atoms with van der Waals surface area (Å²) in [5.41, 5.74) is -1.97. The minimum atomic E-state index is -4.49. The summed E-state index contributed by atoms with van der Waals surface area (Å²) >= 11 is 6.49. The van der Waals surface area contributed by atoms with Crippen LogP contribution in [0.5, 0.6) is 0 Å². The van der Waals surface area contributed by atoms with Crippen LogP contribution in [0.25, 0.3) is 5.69 Å². The predicted octanol–water partition coefficient (Wildman–Crippen LogP) is 5.69. The van der Waals surface area contributed by atoms with Crippen LogP contribution in [-0.4, -0.2) is 48.1 Å². The highest BCUT2D eigenvalue weighted by molar-refractivity contribution is 7.91. The van der Waals surface area contributed by atoms with Crippen LogP contribution in [0.1, 0.15) is 68.3 Å². The van der Waals surface area contributed by atoms with E-state index in [1.54, 1.807) is 6.92 Å². The normalized spacial score (nSPS) is 19.2. The molecule has 1 fully saturated rings. The number of imidazole rings is 1. The Bertz CT molecular complexity index is 1250. The lowest BCUT2D eigenvalue weighted by Gasteiger charge is -2.28. The van der Waals surface area contributed by atoms with Gasteiger partial charge in [-0.05, 0) is 55.7 Å². The highest BCUT2D eigenvalue weighted by Gasteiger charge is 2.47. The van der Waals surface area contributed by atoms with Gasteiger partial charge in [-0.1, -0.05) is 38.4 Å². The number of sulfone groups is 1. The van der Waals surface area contributed by atoms with Gasteiger partial charge >= 0.3 is 6.18 Å². The third-order valence-electron chi connectivity index (χ3n) is 7.07. The number of rotatable bonds is 8. The number of halogens is 5. The highest BCUT2D eigenvalue weighted by Crippen LogP contribution is 2.40. The molecule has 1 aromatic carbocycles. The van der Waals surface area contributed by atoms with Gasteiger partial charge in [0.25, 0.3) is 5.91 Å². The molecular weight excluding hydrogens is 534 g/mol. The van der Waals surface area contributed by atoms with Crippen molar-refractivity contribution in [1.82, 2.24) is 14.9 Å². The van der Waals surface area contributed by atoms with Crippen molar-refractivity contribution in [3.8, 4) is 5.69 Å². The number of carbonyl (C=O) groups excluding carboxylic acids is 1. The third kappa shape index (κ3) is 6.66. The standard InChI is InChI=1S/C25H32ClF4N3O3S/c1-5-20-32-21(23(34)31-14-15-6-10-18(11-7-15)37(4,35)36)22(26)33(20)17-9-8-16(19(27)12-17)13-24(2,3)25(28,29)30/h8-9,12,15,18H,5-7,10-11,13-14H2,1-4H3,(H,31,34)/t15-,18-. The van der Waals surface area contributed by atoms with E-state index in [0.717, 1.165) is 19.9 Å². The molecule has 1 amide bonds.